The third-order valence-electron chi connectivity index (χ3n) is 3.95. The van der Waals surface area contributed by atoms with E-state index in [0.29, 0.717) is 5.75 Å². The minimum absolute atomic E-state index is 0.176. The van der Waals surface area contributed by atoms with Crippen LogP contribution in [0.4, 0.5) is 0 Å². The molecule has 0 heterocycles. The highest BCUT2D eigenvalue weighted by molar-refractivity contribution is 8.76. The molecule has 2 rings (SSSR count). The Kier molecular flexibility index (Phi) is 8.82. The summed E-state index contributed by atoms with van der Waals surface area (Å²) in [4.78, 5) is 2.46. The Labute approximate surface area is 174 Å². The fourth-order valence-electron chi connectivity index (χ4n) is 3.22. The lowest BCUT2D eigenvalue weighted by Gasteiger charge is -2.25. The summed E-state index contributed by atoms with van der Waals surface area (Å²) in [6.07, 6.45) is 0. The van der Waals surface area contributed by atoms with Crippen molar-refractivity contribution in [3.63, 3.8) is 0 Å². The van der Waals surface area contributed by atoms with Gasteiger partial charge < -0.3 is 5.11 Å². The molecule has 150 valence electrons. The van der Waals surface area contributed by atoms with Gasteiger partial charge in [-0.25, -0.2) is 0 Å². The Morgan fingerprint density at radius 2 is 1.00 bits per heavy atom. The third kappa shape index (κ3) is 7.46. The largest absolute Gasteiger partial charge is 0.507 e. The van der Waals surface area contributed by atoms with Crippen LogP contribution in [0.5, 0.6) is 5.75 Å². The highest BCUT2D eigenvalue weighted by Gasteiger charge is 2.19. The number of rotatable bonds is 3. The Hall–Kier alpha value is -1.06. The molecule has 2 aromatic rings. The van der Waals surface area contributed by atoms with Gasteiger partial charge in [0.2, 0.25) is 0 Å². The number of hydrogen-bond donors (Lipinski definition) is 1. The molecule has 0 aromatic heterocycles. The molecule has 1 nitrogen and oxygen atoms in total. The molecular weight excluding hydrogens is 368 g/mol. The van der Waals surface area contributed by atoms with Gasteiger partial charge in [0.15, 0.2) is 0 Å². The maximum Gasteiger partial charge on any atom is 0.121 e. The first kappa shape index (κ1) is 24.0. The number of phenols is 1. The van der Waals surface area contributed by atoms with E-state index >= 15 is 0 Å². The minimum Gasteiger partial charge on any atom is -0.507 e. The van der Waals surface area contributed by atoms with Crippen LogP contribution in [0.3, 0.4) is 0 Å². The van der Waals surface area contributed by atoms with Gasteiger partial charge in [0.1, 0.15) is 5.75 Å². The predicted molar refractivity (Wildman–Crippen MR) is 124 cm³/mol. The molecule has 0 aliphatic carbocycles. The van der Waals surface area contributed by atoms with Crippen LogP contribution in [0.15, 0.2) is 34.1 Å². The Morgan fingerprint density at radius 3 is 1.30 bits per heavy atom. The van der Waals surface area contributed by atoms with E-state index in [1.807, 2.05) is 26.0 Å². The summed E-state index contributed by atoms with van der Waals surface area (Å²) in [6, 6.07) is 8.66. The van der Waals surface area contributed by atoms with Crippen molar-refractivity contribution in [3.8, 4) is 5.75 Å². The Balaban J connectivity index is 0.000000828. The number of hydrogen-bond acceptors (Lipinski definition) is 3. The molecule has 27 heavy (non-hydrogen) atoms. The SMILES string of the molecule is CC(C)C.Cc1cc(SSc2cc(C)c(C(C)(C)C)c(C)c2)cc(C)c1O. The molecule has 0 amide bonds. The van der Waals surface area contributed by atoms with Crippen LogP contribution < -0.4 is 0 Å². The zero-order valence-electron chi connectivity index (χ0n) is 18.7. The Morgan fingerprint density at radius 1 is 0.704 bits per heavy atom. The molecule has 0 radical (unpaired) electrons. The number of phenolic OH excluding ortho intramolecular Hbond substituents is 1. The molecule has 0 spiro atoms. The zero-order chi connectivity index (χ0) is 20.9. The normalized spacial score (nSPS) is 11.4. The smallest absolute Gasteiger partial charge is 0.121 e. The van der Waals surface area contributed by atoms with E-state index < -0.39 is 0 Å². The van der Waals surface area contributed by atoms with E-state index in [1.54, 1.807) is 21.6 Å². The van der Waals surface area contributed by atoms with E-state index in [1.165, 1.54) is 26.5 Å². The quantitative estimate of drug-likeness (QED) is 0.519. The Bertz CT molecular complexity index is 722. The molecule has 0 saturated heterocycles. The maximum absolute atomic E-state index is 9.88. The van der Waals surface area contributed by atoms with Crippen LogP contribution >= 0.6 is 21.6 Å². The molecule has 0 unspecified atom stereocenters. The van der Waals surface area contributed by atoms with Crippen molar-refractivity contribution < 1.29 is 5.11 Å². The molecule has 0 fully saturated rings. The zero-order valence-corrected chi connectivity index (χ0v) is 20.3. The van der Waals surface area contributed by atoms with Gasteiger partial charge in [-0.05, 0) is 91.1 Å². The van der Waals surface area contributed by atoms with Crippen LogP contribution in [-0.2, 0) is 5.41 Å². The van der Waals surface area contributed by atoms with E-state index in [0.717, 1.165) is 17.0 Å². The molecule has 0 saturated carbocycles. The van der Waals surface area contributed by atoms with E-state index in [4.69, 9.17) is 0 Å². The fourth-order valence-corrected chi connectivity index (χ4v) is 5.46. The second kappa shape index (κ2) is 9.93. The highest BCUT2D eigenvalue weighted by atomic mass is 33.1. The van der Waals surface area contributed by atoms with E-state index in [2.05, 4.69) is 67.5 Å². The summed E-state index contributed by atoms with van der Waals surface area (Å²) < 4.78 is 0. The van der Waals surface area contributed by atoms with Gasteiger partial charge in [-0.15, -0.1) is 0 Å². The first-order chi connectivity index (χ1) is 12.3. The average Bonchev–Trinajstić information content (AvgIpc) is 2.47. The van der Waals surface area contributed by atoms with Crippen molar-refractivity contribution in [2.45, 2.75) is 84.4 Å². The molecule has 0 atom stereocenters. The standard InChI is InChI=1S/C20H26OS2.C4H10/c1-12-8-16(9-13(2)18(12)20(5,6)7)22-23-17-10-14(3)19(21)15(4)11-17;1-4(2)3/h8-11,21H,1-7H3;4H,1-3H3. The summed E-state index contributed by atoms with van der Waals surface area (Å²) in [6.45, 7) is 21.6. The fraction of sp³-hybridized carbons (Fsp3) is 0.500. The van der Waals surface area contributed by atoms with Gasteiger partial charge in [-0.1, -0.05) is 63.1 Å². The van der Waals surface area contributed by atoms with Gasteiger partial charge in [-0.3, -0.25) is 0 Å². The maximum atomic E-state index is 9.88. The lowest BCUT2D eigenvalue weighted by molar-refractivity contribution is 0.466. The summed E-state index contributed by atoms with van der Waals surface area (Å²) >= 11 is 0. The lowest BCUT2D eigenvalue weighted by Crippen LogP contribution is -2.15. The number of benzene rings is 2. The molecule has 0 aliphatic rings. The van der Waals surface area contributed by atoms with Crippen LogP contribution in [0, 0.1) is 33.6 Å². The van der Waals surface area contributed by atoms with Crippen molar-refractivity contribution in [3.05, 3.63) is 52.1 Å². The predicted octanol–water partition coefficient (Wildman–Crippen LogP) is 8.39. The van der Waals surface area contributed by atoms with Crippen LogP contribution in [0.1, 0.15) is 69.4 Å². The van der Waals surface area contributed by atoms with Gasteiger partial charge in [0.25, 0.3) is 0 Å². The number of aryl methyl sites for hydroxylation is 4. The van der Waals surface area contributed by atoms with Crippen LogP contribution in [0.25, 0.3) is 0 Å². The van der Waals surface area contributed by atoms with Gasteiger partial charge >= 0.3 is 0 Å². The first-order valence-corrected chi connectivity index (χ1v) is 11.7. The second-order valence-corrected chi connectivity index (χ2v) is 11.3. The summed E-state index contributed by atoms with van der Waals surface area (Å²) in [5, 5.41) is 9.88. The monoisotopic (exact) mass is 404 g/mol. The van der Waals surface area contributed by atoms with Crippen molar-refractivity contribution in [2.24, 2.45) is 5.92 Å². The van der Waals surface area contributed by atoms with Crippen molar-refractivity contribution in [1.29, 1.82) is 0 Å². The van der Waals surface area contributed by atoms with Crippen LogP contribution in [-0.4, -0.2) is 5.11 Å². The first-order valence-electron chi connectivity index (χ1n) is 9.59. The van der Waals surface area contributed by atoms with Crippen molar-refractivity contribution in [1.82, 2.24) is 0 Å². The topological polar surface area (TPSA) is 20.2 Å². The van der Waals surface area contributed by atoms with Crippen molar-refractivity contribution in [2.75, 3.05) is 0 Å². The van der Waals surface area contributed by atoms with Gasteiger partial charge in [0, 0.05) is 9.79 Å². The van der Waals surface area contributed by atoms with Crippen LogP contribution in [0.2, 0.25) is 0 Å². The summed E-state index contributed by atoms with van der Waals surface area (Å²) in [5.74, 6) is 1.24. The lowest BCUT2D eigenvalue weighted by atomic mass is 9.81. The minimum atomic E-state index is 0.176. The van der Waals surface area contributed by atoms with E-state index in [9.17, 15) is 5.11 Å². The average molecular weight is 405 g/mol. The third-order valence-corrected chi connectivity index (χ3v) is 6.30. The molecule has 2 aromatic carbocycles. The second-order valence-electron chi connectivity index (χ2n) is 8.99. The van der Waals surface area contributed by atoms with E-state index in [-0.39, 0.29) is 5.41 Å². The molecular formula is C24H36OS2. The molecule has 0 aliphatic heterocycles. The molecule has 3 heteroatoms. The molecule has 0 bridgehead atoms. The summed E-state index contributed by atoms with van der Waals surface area (Å²) in [7, 11) is 3.53. The van der Waals surface area contributed by atoms with Crippen molar-refractivity contribution >= 4 is 21.6 Å². The number of aromatic hydroxyl groups is 1. The molecule has 1 N–H and O–H groups in total. The highest BCUT2D eigenvalue weighted by Crippen LogP contribution is 2.41. The van der Waals surface area contributed by atoms with Gasteiger partial charge in [0.05, 0.1) is 0 Å². The van der Waals surface area contributed by atoms with Gasteiger partial charge in [-0.2, -0.15) is 0 Å². The summed E-state index contributed by atoms with van der Waals surface area (Å²) in [5.41, 5.74) is 6.21.